The van der Waals surface area contributed by atoms with Crippen LogP contribution in [0.5, 0.6) is 0 Å². The van der Waals surface area contributed by atoms with Crippen LogP contribution >= 0.6 is 11.8 Å². The number of nitrogens with two attached hydrogens (primary N) is 1. The number of thioether (sulfide) groups is 1. The first-order chi connectivity index (χ1) is 13.8. The van der Waals surface area contributed by atoms with E-state index in [-0.39, 0.29) is 29.8 Å². The molecule has 0 saturated carbocycles. The molecule has 1 aromatic carbocycles. The number of anilines is 2. The van der Waals surface area contributed by atoms with Gasteiger partial charge in [0, 0.05) is 30.2 Å². The van der Waals surface area contributed by atoms with Gasteiger partial charge in [-0.05, 0) is 24.5 Å². The standard InChI is InChI=1S/C21H30N4O3S/c1-4-5-12-24-19(22)18(20(27)23-21(24)28)25(14-15(2)3)17(26)11-13-29-16-9-7-6-8-10-16/h6-10,15H,4-5,11-14,22H2,1-3H3,(H,23,27,28). The van der Waals surface area contributed by atoms with Gasteiger partial charge in [0.05, 0.1) is 0 Å². The Balaban J connectivity index is 2.28. The van der Waals surface area contributed by atoms with Crippen molar-refractivity contribution in [1.29, 1.82) is 0 Å². The Labute approximate surface area is 175 Å². The van der Waals surface area contributed by atoms with Gasteiger partial charge in [-0.25, -0.2) is 4.79 Å². The summed E-state index contributed by atoms with van der Waals surface area (Å²) in [6, 6.07) is 9.84. The van der Waals surface area contributed by atoms with Crippen molar-refractivity contribution in [2.75, 3.05) is 22.9 Å². The molecular formula is C21H30N4O3S. The summed E-state index contributed by atoms with van der Waals surface area (Å²) in [6.07, 6.45) is 1.90. The van der Waals surface area contributed by atoms with Crippen molar-refractivity contribution in [3.8, 4) is 0 Å². The number of nitrogen functional groups attached to an aromatic ring is 1. The Morgan fingerprint density at radius 3 is 2.55 bits per heavy atom. The van der Waals surface area contributed by atoms with E-state index in [1.165, 1.54) is 9.47 Å². The van der Waals surface area contributed by atoms with E-state index in [2.05, 4.69) is 4.98 Å². The first kappa shape index (κ1) is 22.8. The molecule has 2 rings (SSSR count). The molecule has 0 aliphatic rings. The van der Waals surface area contributed by atoms with Crippen LogP contribution in [0.4, 0.5) is 11.5 Å². The van der Waals surface area contributed by atoms with Crippen LogP contribution in [0.15, 0.2) is 44.8 Å². The van der Waals surface area contributed by atoms with E-state index in [4.69, 9.17) is 5.73 Å². The smallest absolute Gasteiger partial charge is 0.330 e. The lowest BCUT2D eigenvalue weighted by Crippen LogP contribution is -2.42. The van der Waals surface area contributed by atoms with Gasteiger partial charge in [-0.1, -0.05) is 45.4 Å². The zero-order chi connectivity index (χ0) is 21.4. The zero-order valence-electron chi connectivity index (χ0n) is 17.3. The fourth-order valence-corrected chi connectivity index (χ4v) is 3.83. The topological polar surface area (TPSA) is 101 Å². The van der Waals surface area contributed by atoms with Gasteiger partial charge in [0.25, 0.3) is 5.56 Å². The second-order valence-electron chi connectivity index (χ2n) is 7.31. The minimum atomic E-state index is -0.620. The molecule has 8 heteroatoms. The summed E-state index contributed by atoms with van der Waals surface area (Å²) >= 11 is 1.59. The van der Waals surface area contributed by atoms with Gasteiger partial charge in [0.1, 0.15) is 5.82 Å². The van der Waals surface area contributed by atoms with Gasteiger partial charge >= 0.3 is 5.69 Å². The van der Waals surface area contributed by atoms with Crippen LogP contribution in [-0.4, -0.2) is 27.8 Å². The fourth-order valence-electron chi connectivity index (χ4n) is 2.97. The molecule has 0 bridgehead atoms. The lowest BCUT2D eigenvalue weighted by Gasteiger charge is -2.26. The number of carbonyl (C=O) groups excluding carboxylic acids is 1. The normalized spacial score (nSPS) is 11.0. The lowest BCUT2D eigenvalue weighted by molar-refractivity contribution is -0.118. The van der Waals surface area contributed by atoms with Crippen LogP contribution < -0.4 is 21.9 Å². The third-order valence-corrected chi connectivity index (χ3v) is 5.41. The molecule has 158 valence electrons. The molecule has 29 heavy (non-hydrogen) atoms. The molecule has 1 heterocycles. The van der Waals surface area contributed by atoms with Gasteiger partial charge in [-0.15, -0.1) is 11.8 Å². The van der Waals surface area contributed by atoms with Crippen LogP contribution in [0.3, 0.4) is 0 Å². The number of hydrogen-bond acceptors (Lipinski definition) is 5. The zero-order valence-corrected chi connectivity index (χ0v) is 18.1. The molecule has 0 radical (unpaired) electrons. The molecule has 0 aliphatic heterocycles. The van der Waals surface area contributed by atoms with Gasteiger partial charge in [0.2, 0.25) is 5.91 Å². The third kappa shape index (κ3) is 6.25. The lowest BCUT2D eigenvalue weighted by atomic mass is 10.2. The van der Waals surface area contributed by atoms with E-state index >= 15 is 0 Å². The van der Waals surface area contributed by atoms with Crippen LogP contribution in [-0.2, 0) is 11.3 Å². The van der Waals surface area contributed by atoms with E-state index in [0.29, 0.717) is 18.8 Å². The fraction of sp³-hybridized carbons (Fsp3) is 0.476. The summed E-state index contributed by atoms with van der Waals surface area (Å²) in [5.41, 5.74) is 5.12. The Hall–Kier alpha value is -2.48. The van der Waals surface area contributed by atoms with Crippen LogP contribution in [0, 0.1) is 5.92 Å². The Bertz CT molecular complexity index is 922. The summed E-state index contributed by atoms with van der Waals surface area (Å²) in [7, 11) is 0. The van der Waals surface area contributed by atoms with E-state index in [9.17, 15) is 14.4 Å². The Morgan fingerprint density at radius 2 is 1.93 bits per heavy atom. The van der Waals surface area contributed by atoms with Gasteiger partial charge < -0.3 is 10.6 Å². The van der Waals surface area contributed by atoms with E-state index in [1.807, 2.05) is 51.1 Å². The highest BCUT2D eigenvalue weighted by molar-refractivity contribution is 7.99. The average Bonchev–Trinajstić information content (AvgIpc) is 2.67. The monoisotopic (exact) mass is 418 g/mol. The molecule has 0 aliphatic carbocycles. The molecule has 0 saturated heterocycles. The summed E-state index contributed by atoms with van der Waals surface area (Å²) in [5.74, 6) is 0.595. The number of rotatable bonds is 10. The number of nitrogens with zero attached hydrogens (tertiary/aromatic N) is 2. The number of unbranched alkanes of at least 4 members (excludes halogenated alkanes) is 1. The summed E-state index contributed by atoms with van der Waals surface area (Å²) in [4.78, 5) is 42.6. The minimum absolute atomic E-state index is 0.0527. The van der Waals surface area contributed by atoms with Crippen LogP contribution in [0.1, 0.15) is 40.0 Å². The SMILES string of the molecule is CCCCn1c(N)c(N(CC(C)C)C(=O)CCSc2ccccc2)c(=O)[nH]c1=O. The van der Waals surface area contributed by atoms with Crippen molar-refractivity contribution in [3.63, 3.8) is 0 Å². The van der Waals surface area contributed by atoms with Crippen molar-refractivity contribution >= 4 is 29.2 Å². The number of aromatic nitrogens is 2. The maximum absolute atomic E-state index is 13.0. The maximum atomic E-state index is 13.0. The molecule has 3 N–H and O–H groups in total. The predicted octanol–water partition coefficient (Wildman–Crippen LogP) is 3.09. The first-order valence-electron chi connectivity index (χ1n) is 9.96. The van der Waals surface area contributed by atoms with E-state index in [0.717, 1.165) is 17.7 Å². The number of carbonyl (C=O) groups is 1. The summed E-state index contributed by atoms with van der Waals surface area (Å²) in [6.45, 7) is 6.70. The second-order valence-corrected chi connectivity index (χ2v) is 8.48. The van der Waals surface area contributed by atoms with Crippen molar-refractivity contribution in [3.05, 3.63) is 51.2 Å². The highest BCUT2D eigenvalue weighted by Gasteiger charge is 2.24. The largest absolute Gasteiger partial charge is 0.383 e. The van der Waals surface area contributed by atoms with Gasteiger partial charge in [-0.2, -0.15) is 0 Å². The van der Waals surface area contributed by atoms with Crippen LogP contribution in [0.2, 0.25) is 0 Å². The second kappa shape index (κ2) is 10.9. The van der Waals surface area contributed by atoms with E-state index < -0.39 is 11.2 Å². The molecule has 0 atom stereocenters. The molecule has 0 spiro atoms. The molecule has 0 unspecified atom stereocenters. The molecular weight excluding hydrogens is 388 g/mol. The molecule has 1 aromatic heterocycles. The van der Waals surface area contributed by atoms with Gasteiger partial charge in [0.15, 0.2) is 5.69 Å². The van der Waals surface area contributed by atoms with Gasteiger partial charge in [-0.3, -0.25) is 19.1 Å². The minimum Gasteiger partial charge on any atom is -0.383 e. The van der Waals surface area contributed by atoms with Crippen LogP contribution in [0.25, 0.3) is 0 Å². The molecule has 0 fully saturated rings. The molecule has 7 nitrogen and oxygen atoms in total. The highest BCUT2D eigenvalue weighted by atomic mass is 32.2. The number of benzene rings is 1. The number of amides is 1. The molecule has 1 amide bonds. The number of aromatic amines is 1. The number of H-pyrrole nitrogens is 1. The van der Waals surface area contributed by atoms with Crippen molar-refractivity contribution in [2.45, 2.75) is 51.5 Å². The Kier molecular flexibility index (Phi) is 8.57. The quantitative estimate of drug-likeness (QED) is 0.578. The van der Waals surface area contributed by atoms with Crippen molar-refractivity contribution in [1.82, 2.24) is 9.55 Å². The highest BCUT2D eigenvalue weighted by Crippen LogP contribution is 2.22. The van der Waals surface area contributed by atoms with Crippen molar-refractivity contribution < 1.29 is 4.79 Å². The van der Waals surface area contributed by atoms with E-state index in [1.54, 1.807) is 11.8 Å². The molecule has 2 aromatic rings. The first-order valence-corrected chi connectivity index (χ1v) is 10.9. The number of hydrogen-bond donors (Lipinski definition) is 2. The summed E-state index contributed by atoms with van der Waals surface area (Å²) < 4.78 is 1.35. The third-order valence-electron chi connectivity index (χ3n) is 4.40. The Morgan fingerprint density at radius 1 is 1.24 bits per heavy atom. The summed E-state index contributed by atoms with van der Waals surface area (Å²) in [5, 5.41) is 0. The number of nitrogens with one attached hydrogen (secondary N) is 1. The average molecular weight is 419 g/mol. The predicted molar refractivity (Wildman–Crippen MR) is 120 cm³/mol. The van der Waals surface area contributed by atoms with Crippen molar-refractivity contribution in [2.24, 2.45) is 5.92 Å². The maximum Gasteiger partial charge on any atom is 0.330 e.